The van der Waals surface area contributed by atoms with Gasteiger partial charge in [0.15, 0.2) is 0 Å². The number of aliphatic hydroxyl groups is 1. The standard InChI is InChI=1S/C12H16N2O3S/c1-9(15)13-7-11(16)14(12(17)8-13)5-4-10-3-2-6-18-10/h2-3,6,11,16H,4-5,7-8H2,1H3. The first kappa shape index (κ1) is 13.0. The molecule has 1 N–H and O–H groups in total. The van der Waals surface area contributed by atoms with Crippen LogP contribution in [0.25, 0.3) is 0 Å². The van der Waals surface area contributed by atoms with Crippen molar-refractivity contribution in [3.05, 3.63) is 22.4 Å². The molecule has 2 amide bonds. The second-order valence-corrected chi connectivity index (χ2v) is 5.33. The van der Waals surface area contributed by atoms with E-state index >= 15 is 0 Å². The number of β-amino-alcohol motifs (C(OH)–C–C–N with tert-alkyl or cyclic N) is 1. The van der Waals surface area contributed by atoms with Crippen LogP contribution >= 0.6 is 11.3 Å². The Bertz CT molecular complexity index is 433. The number of carbonyl (C=O) groups excluding carboxylic acids is 2. The minimum Gasteiger partial charge on any atom is -0.372 e. The molecular weight excluding hydrogens is 252 g/mol. The Morgan fingerprint density at radius 1 is 1.61 bits per heavy atom. The Morgan fingerprint density at radius 3 is 2.94 bits per heavy atom. The van der Waals surface area contributed by atoms with Gasteiger partial charge in [0.05, 0.1) is 13.1 Å². The third-order valence-electron chi connectivity index (χ3n) is 3.01. The van der Waals surface area contributed by atoms with Crippen molar-refractivity contribution < 1.29 is 14.7 Å². The number of nitrogens with zero attached hydrogens (tertiary/aromatic N) is 2. The van der Waals surface area contributed by atoms with Crippen LogP contribution in [0.15, 0.2) is 17.5 Å². The quantitative estimate of drug-likeness (QED) is 0.857. The summed E-state index contributed by atoms with van der Waals surface area (Å²) in [6, 6.07) is 3.97. The number of aliphatic hydroxyl groups excluding tert-OH is 1. The molecule has 1 fully saturated rings. The van der Waals surface area contributed by atoms with Gasteiger partial charge in [-0.25, -0.2) is 0 Å². The third kappa shape index (κ3) is 2.88. The van der Waals surface area contributed by atoms with Gasteiger partial charge in [0.2, 0.25) is 11.8 Å². The number of amides is 2. The van der Waals surface area contributed by atoms with Crippen molar-refractivity contribution in [3.8, 4) is 0 Å². The lowest BCUT2D eigenvalue weighted by Crippen LogP contribution is -2.57. The van der Waals surface area contributed by atoms with E-state index in [0.717, 1.165) is 6.42 Å². The van der Waals surface area contributed by atoms with Gasteiger partial charge in [0.1, 0.15) is 6.23 Å². The molecule has 1 aromatic heterocycles. The number of rotatable bonds is 3. The van der Waals surface area contributed by atoms with Gasteiger partial charge in [0.25, 0.3) is 0 Å². The van der Waals surface area contributed by atoms with E-state index in [-0.39, 0.29) is 24.9 Å². The molecule has 2 heterocycles. The number of thiophene rings is 1. The Kier molecular flexibility index (Phi) is 3.98. The van der Waals surface area contributed by atoms with Gasteiger partial charge in [-0.3, -0.25) is 9.59 Å². The molecule has 2 rings (SSSR count). The third-order valence-corrected chi connectivity index (χ3v) is 3.95. The molecule has 1 atom stereocenters. The van der Waals surface area contributed by atoms with Gasteiger partial charge in [-0.2, -0.15) is 0 Å². The first-order chi connectivity index (χ1) is 8.58. The molecular formula is C12H16N2O3S. The lowest BCUT2D eigenvalue weighted by atomic mass is 10.2. The second kappa shape index (κ2) is 5.49. The van der Waals surface area contributed by atoms with E-state index < -0.39 is 6.23 Å². The molecule has 1 saturated heterocycles. The average Bonchev–Trinajstić information content (AvgIpc) is 2.80. The van der Waals surface area contributed by atoms with Crippen molar-refractivity contribution in [2.45, 2.75) is 19.6 Å². The van der Waals surface area contributed by atoms with Crippen LogP contribution in [0.1, 0.15) is 11.8 Å². The monoisotopic (exact) mass is 268 g/mol. The fourth-order valence-corrected chi connectivity index (χ4v) is 2.68. The van der Waals surface area contributed by atoms with Crippen LogP contribution in [-0.2, 0) is 16.0 Å². The summed E-state index contributed by atoms with van der Waals surface area (Å²) >= 11 is 1.64. The highest BCUT2D eigenvalue weighted by atomic mass is 32.1. The molecule has 98 valence electrons. The van der Waals surface area contributed by atoms with E-state index in [2.05, 4.69) is 0 Å². The molecule has 1 aromatic rings. The maximum atomic E-state index is 11.9. The minimum absolute atomic E-state index is 0.0663. The highest BCUT2D eigenvalue weighted by Crippen LogP contribution is 2.13. The predicted octanol–water partition coefficient (Wildman–Crippen LogP) is 0.300. The molecule has 0 radical (unpaired) electrons. The molecule has 0 aliphatic carbocycles. The van der Waals surface area contributed by atoms with Gasteiger partial charge in [0, 0.05) is 18.3 Å². The smallest absolute Gasteiger partial charge is 0.244 e. The Morgan fingerprint density at radius 2 is 2.39 bits per heavy atom. The molecule has 1 unspecified atom stereocenters. The minimum atomic E-state index is -0.893. The van der Waals surface area contributed by atoms with E-state index in [4.69, 9.17) is 0 Å². The lowest BCUT2D eigenvalue weighted by Gasteiger charge is -2.37. The molecule has 0 bridgehead atoms. The largest absolute Gasteiger partial charge is 0.372 e. The second-order valence-electron chi connectivity index (χ2n) is 4.30. The summed E-state index contributed by atoms with van der Waals surface area (Å²) < 4.78 is 0. The van der Waals surface area contributed by atoms with E-state index in [1.807, 2.05) is 17.5 Å². The fraction of sp³-hybridized carbons (Fsp3) is 0.500. The van der Waals surface area contributed by atoms with Gasteiger partial charge >= 0.3 is 0 Å². The normalized spacial score (nSPS) is 20.3. The first-order valence-electron chi connectivity index (χ1n) is 5.83. The topological polar surface area (TPSA) is 60.9 Å². The van der Waals surface area contributed by atoms with Crippen LogP contribution in [0.5, 0.6) is 0 Å². The predicted molar refractivity (Wildman–Crippen MR) is 68.0 cm³/mol. The van der Waals surface area contributed by atoms with Crippen LogP contribution in [0, 0.1) is 0 Å². The zero-order valence-corrected chi connectivity index (χ0v) is 11.0. The van der Waals surface area contributed by atoms with Gasteiger partial charge < -0.3 is 14.9 Å². The van der Waals surface area contributed by atoms with Crippen molar-refractivity contribution in [3.63, 3.8) is 0 Å². The molecule has 5 nitrogen and oxygen atoms in total. The zero-order chi connectivity index (χ0) is 13.1. The van der Waals surface area contributed by atoms with Crippen LogP contribution in [0.4, 0.5) is 0 Å². The summed E-state index contributed by atoms with van der Waals surface area (Å²) in [6.45, 7) is 2.16. The number of hydrogen-bond donors (Lipinski definition) is 1. The number of carbonyl (C=O) groups is 2. The summed E-state index contributed by atoms with van der Waals surface area (Å²) in [5.74, 6) is -0.374. The van der Waals surface area contributed by atoms with E-state index in [0.29, 0.717) is 6.54 Å². The molecule has 1 aliphatic rings. The van der Waals surface area contributed by atoms with Gasteiger partial charge in [-0.15, -0.1) is 11.3 Å². The molecule has 0 spiro atoms. The van der Waals surface area contributed by atoms with E-state index in [9.17, 15) is 14.7 Å². The number of hydrogen-bond acceptors (Lipinski definition) is 4. The van der Waals surface area contributed by atoms with Gasteiger partial charge in [-0.1, -0.05) is 6.07 Å². The summed E-state index contributed by atoms with van der Waals surface area (Å²) in [5, 5.41) is 11.9. The van der Waals surface area contributed by atoms with Crippen LogP contribution in [0.3, 0.4) is 0 Å². The van der Waals surface area contributed by atoms with Crippen molar-refractivity contribution in [2.75, 3.05) is 19.6 Å². The molecule has 18 heavy (non-hydrogen) atoms. The Hall–Kier alpha value is -1.40. The zero-order valence-electron chi connectivity index (χ0n) is 10.2. The van der Waals surface area contributed by atoms with Crippen LogP contribution < -0.4 is 0 Å². The number of piperazine rings is 1. The summed E-state index contributed by atoms with van der Waals surface area (Å²) in [7, 11) is 0. The molecule has 1 aliphatic heterocycles. The van der Waals surface area contributed by atoms with Crippen molar-refractivity contribution in [1.82, 2.24) is 9.80 Å². The van der Waals surface area contributed by atoms with Crippen molar-refractivity contribution in [2.24, 2.45) is 0 Å². The van der Waals surface area contributed by atoms with E-state index in [1.54, 1.807) is 11.3 Å². The van der Waals surface area contributed by atoms with E-state index in [1.165, 1.54) is 21.6 Å². The fourth-order valence-electron chi connectivity index (χ4n) is 1.98. The van der Waals surface area contributed by atoms with Crippen LogP contribution in [0.2, 0.25) is 0 Å². The lowest BCUT2D eigenvalue weighted by molar-refractivity contribution is -0.158. The van der Waals surface area contributed by atoms with Crippen LogP contribution in [-0.4, -0.2) is 52.6 Å². The average molecular weight is 268 g/mol. The highest BCUT2D eigenvalue weighted by Gasteiger charge is 2.31. The molecule has 0 aromatic carbocycles. The highest BCUT2D eigenvalue weighted by molar-refractivity contribution is 7.09. The van der Waals surface area contributed by atoms with Crippen molar-refractivity contribution >= 4 is 23.2 Å². The Balaban J connectivity index is 1.93. The SMILES string of the molecule is CC(=O)N1CC(=O)N(CCc2cccs2)C(O)C1. The summed E-state index contributed by atoms with van der Waals surface area (Å²) in [6.07, 6.45) is -0.157. The molecule has 6 heteroatoms. The maximum Gasteiger partial charge on any atom is 0.244 e. The Labute approximate surface area is 110 Å². The first-order valence-corrected chi connectivity index (χ1v) is 6.71. The molecule has 0 saturated carbocycles. The summed E-state index contributed by atoms with van der Waals surface area (Å²) in [4.78, 5) is 27.0. The van der Waals surface area contributed by atoms with Gasteiger partial charge in [-0.05, 0) is 17.9 Å². The van der Waals surface area contributed by atoms with Crippen molar-refractivity contribution in [1.29, 1.82) is 0 Å². The summed E-state index contributed by atoms with van der Waals surface area (Å²) in [5.41, 5.74) is 0. The maximum absolute atomic E-state index is 11.9.